The Morgan fingerprint density at radius 3 is 2.83 bits per heavy atom. The molecule has 0 aromatic rings. The molecule has 1 aliphatic heterocycles. The number of aliphatic hydroxyl groups excluding tert-OH is 2. The van der Waals surface area contributed by atoms with Crippen LogP contribution in [-0.2, 0) is 4.74 Å². The monoisotopic (exact) mass is 419 g/mol. The number of aliphatic hydroxyl groups is 2. The van der Waals surface area contributed by atoms with Crippen molar-refractivity contribution in [3.63, 3.8) is 0 Å². The average molecular weight is 420 g/mol. The van der Waals surface area contributed by atoms with Gasteiger partial charge in [-0.05, 0) is 69.4 Å². The zero-order valence-electron chi connectivity index (χ0n) is 19.3. The third kappa shape index (κ3) is 7.19. The van der Waals surface area contributed by atoms with Crippen LogP contribution in [0.4, 0.5) is 0 Å². The predicted octanol–water partition coefficient (Wildman–Crippen LogP) is 4.57. The van der Waals surface area contributed by atoms with Crippen molar-refractivity contribution in [2.75, 3.05) is 32.8 Å². The SMILES string of the molecule is CCCC[C@H](C)C[C@H](O)/C=C/[C@@H]1[C@H]2CC(CCOCCN3CCCC3)=C[C@H]2C[C@H]1O. The fourth-order valence-corrected chi connectivity index (χ4v) is 5.71. The van der Waals surface area contributed by atoms with E-state index in [9.17, 15) is 10.2 Å². The summed E-state index contributed by atoms with van der Waals surface area (Å²) in [6, 6.07) is 0. The largest absolute Gasteiger partial charge is 0.392 e. The summed E-state index contributed by atoms with van der Waals surface area (Å²) in [5.74, 6) is 1.73. The van der Waals surface area contributed by atoms with Crippen LogP contribution >= 0.6 is 0 Å². The van der Waals surface area contributed by atoms with Crippen LogP contribution in [0.25, 0.3) is 0 Å². The summed E-state index contributed by atoms with van der Waals surface area (Å²) in [6.45, 7) is 9.65. The lowest BCUT2D eigenvalue weighted by molar-refractivity contribution is 0.112. The highest BCUT2D eigenvalue weighted by atomic mass is 16.5. The van der Waals surface area contributed by atoms with Crippen LogP contribution in [0.5, 0.6) is 0 Å². The molecule has 0 radical (unpaired) electrons. The van der Waals surface area contributed by atoms with E-state index in [1.165, 1.54) is 50.8 Å². The summed E-state index contributed by atoms with van der Waals surface area (Å²) in [5.41, 5.74) is 1.50. The van der Waals surface area contributed by atoms with Gasteiger partial charge in [0.1, 0.15) is 0 Å². The number of fused-ring (bicyclic) bond motifs is 1. The molecule has 30 heavy (non-hydrogen) atoms. The molecule has 1 saturated heterocycles. The van der Waals surface area contributed by atoms with Crippen molar-refractivity contribution in [2.24, 2.45) is 23.7 Å². The van der Waals surface area contributed by atoms with Gasteiger partial charge in [0.25, 0.3) is 0 Å². The maximum atomic E-state index is 10.6. The van der Waals surface area contributed by atoms with Crippen LogP contribution in [0, 0.1) is 23.7 Å². The Labute approximate surface area is 184 Å². The van der Waals surface area contributed by atoms with Crippen LogP contribution in [-0.4, -0.2) is 60.2 Å². The molecule has 0 unspecified atom stereocenters. The second-order valence-corrected chi connectivity index (χ2v) is 10.1. The molecular weight excluding hydrogens is 374 g/mol. The first-order chi connectivity index (χ1) is 14.6. The van der Waals surface area contributed by atoms with E-state index in [0.29, 0.717) is 17.8 Å². The molecule has 0 aromatic heterocycles. The minimum absolute atomic E-state index is 0.181. The maximum absolute atomic E-state index is 10.6. The van der Waals surface area contributed by atoms with E-state index in [2.05, 4.69) is 30.9 Å². The number of nitrogens with zero attached hydrogens (tertiary/aromatic N) is 1. The molecule has 4 nitrogen and oxygen atoms in total. The molecule has 0 bridgehead atoms. The smallest absolute Gasteiger partial charge is 0.0723 e. The summed E-state index contributed by atoms with van der Waals surface area (Å²) in [4.78, 5) is 2.50. The lowest BCUT2D eigenvalue weighted by Crippen LogP contribution is -2.24. The average Bonchev–Trinajstić information content (AvgIpc) is 3.42. The van der Waals surface area contributed by atoms with Gasteiger partial charge in [-0.2, -0.15) is 0 Å². The molecule has 0 aromatic carbocycles. The Bertz CT molecular complexity index is 554. The van der Waals surface area contributed by atoms with Crippen molar-refractivity contribution in [3.8, 4) is 0 Å². The maximum Gasteiger partial charge on any atom is 0.0723 e. The minimum Gasteiger partial charge on any atom is -0.392 e. The van der Waals surface area contributed by atoms with Crippen molar-refractivity contribution in [1.29, 1.82) is 0 Å². The Balaban J connectivity index is 1.36. The number of hydrogen-bond donors (Lipinski definition) is 2. The van der Waals surface area contributed by atoms with Crippen LogP contribution in [0.2, 0.25) is 0 Å². The number of hydrogen-bond acceptors (Lipinski definition) is 4. The van der Waals surface area contributed by atoms with E-state index in [0.717, 1.165) is 45.4 Å². The molecule has 1 heterocycles. The Morgan fingerprint density at radius 1 is 1.27 bits per heavy atom. The van der Waals surface area contributed by atoms with Crippen LogP contribution in [0.1, 0.15) is 71.6 Å². The molecule has 172 valence electrons. The highest BCUT2D eigenvalue weighted by molar-refractivity contribution is 5.21. The molecule has 2 N–H and O–H groups in total. The second-order valence-electron chi connectivity index (χ2n) is 10.1. The summed E-state index contributed by atoms with van der Waals surface area (Å²) in [7, 11) is 0. The molecule has 4 heteroatoms. The Hall–Kier alpha value is -0.680. The van der Waals surface area contributed by atoms with E-state index in [4.69, 9.17) is 4.74 Å². The van der Waals surface area contributed by atoms with Crippen molar-refractivity contribution in [2.45, 2.75) is 83.8 Å². The topological polar surface area (TPSA) is 52.9 Å². The fourth-order valence-electron chi connectivity index (χ4n) is 5.71. The normalized spacial score (nSPS) is 31.4. The quantitative estimate of drug-likeness (QED) is 0.339. The van der Waals surface area contributed by atoms with Gasteiger partial charge in [0, 0.05) is 12.5 Å². The summed E-state index contributed by atoms with van der Waals surface area (Å²) in [6.07, 6.45) is 15.9. The van der Waals surface area contributed by atoms with Crippen LogP contribution < -0.4 is 0 Å². The molecule has 0 spiro atoms. The summed E-state index contributed by atoms with van der Waals surface area (Å²) < 4.78 is 5.89. The van der Waals surface area contributed by atoms with Crippen LogP contribution in [0.3, 0.4) is 0 Å². The number of unbranched alkanes of at least 4 members (excludes halogenated alkanes) is 1. The highest BCUT2D eigenvalue weighted by Gasteiger charge is 2.43. The molecule has 2 aliphatic carbocycles. The third-order valence-electron chi connectivity index (χ3n) is 7.52. The number of likely N-dealkylation sites (tertiary alicyclic amines) is 1. The van der Waals surface area contributed by atoms with Gasteiger partial charge in [0.15, 0.2) is 0 Å². The van der Waals surface area contributed by atoms with Crippen molar-refractivity contribution < 1.29 is 14.9 Å². The van der Waals surface area contributed by atoms with Crippen LogP contribution in [0.15, 0.2) is 23.8 Å². The van der Waals surface area contributed by atoms with E-state index >= 15 is 0 Å². The standard InChI is InChI=1S/C26H45NO3/c1-3-4-7-20(2)16-23(28)8-9-24-25-18-21(17-22(25)19-26(24)29)10-14-30-15-13-27-11-5-6-12-27/h8-9,17,20,22-26,28-29H,3-7,10-16,18-19H2,1-2H3/b9-8+/t20-,22-,23+,24+,25-,26+/m0/s1. The van der Waals surface area contributed by atoms with Gasteiger partial charge in [0.05, 0.1) is 25.4 Å². The van der Waals surface area contributed by atoms with Gasteiger partial charge in [-0.25, -0.2) is 0 Å². The third-order valence-corrected chi connectivity index (χ3v) is 7.52. The highest BCUT2D eigenvalue weighted by Crippen LogP contribution is 2.48. The number of rotatable bonds is 13. The zero-order chi connectivity index (χ0) is 21.3. The molecule has 0 amide bonds. The fraction of sp³-hybridized carbons (Fsp3) is 0.846. The number of ether oxygens (including phenoxy) is 1. The molecule has 2 fully saturated rings. The first-order valence-corrected chi connectivity index (χ1v) is 12.6. The molecule has 1 saturated carbocycles. The minimum atomic E-state index is -0.388. The lowest BCUT2D eigenvalue weighted by Gasteiger charge is -2.19. The molecule has 6 atom stereocenters. The van der Waals surface area contributed by atoms with Gasteiger partial charge in [-0.1, -0.05) is 56.9 Å². The Morgan fingerprint density at radius 2 is 2.07 bits per heavy atom. The summed E-state index contributed by atoms with van der Waals surface area (Å²) >= 11 is 0. The van der Waals surface area contributed by atoms with Gasteiger partial charge in [0.2, 0.25) is 0 Å². The first-order valence-electron chi connectivity index (χ1n) is 12.6. The molecular formula is C26H45NO3. The van der Waals surface area contributed by atoms with Crippen molar-refractivity contribution in [3.05, 3.63) is 23.8 Å². The lowest BCUT2D eigenvalue weighted by atomic mass is 9.88. The molecule has 3 aliphatic rings. The zero-order valence-corrected chi connectivity index (χ0v) is 19.3. The predicted molar refractivity (Wildman–Crippen MR) is 123 cm³/mol. The van der Waals surface area contributed by atoms with E-state index < -0.39 is 0 Å². The number of allylic oxidation sites excluding steroid dienone is 1. The Kier molecular flexibility index (Phi) is 9.89. The van der Waals surface area contributed by atoms with E-state index in [-0.39, 0.29) is 18.1 Å². The van der Waals surface area contributed by atoms with Gasteiger partial charge >= 0.3 is 0 Å². The van der Waals surface area contributed by atoms with Crippen molar-refractivity contribution in [1.82, 2.24) is 4.90 Å². The van der Waals surface area contributed by atoms with Gasteiger partial charge in [-0.15, -0.1) is 0 Å². The van der Waals surface area contributed by atoms with E-state index in [1.807, 2.05) is 6.08 Å². The second kappa shape index (κ2) is 12.4. The van der Waals surface area contributed by atoms with Crippen molar-refractivity contribution >= 4 is 0 Å². The van der Waals surface area contributed by atoms with Gasteiger partial charge < -0.3 is 19.8 Å². The first kappa shape index (κ1) is 24.0. The van der Waals surface area contributed by atoms with Gasteiger partial charge in [-0.3, -0.25) is 0 Å². The van der Waals surface area contributed by atoms with E-state index in [1.54, 1.807) is 0 Å². The molecule has 3 rings (SSSR count). The summed E-state index contributed by atoms with van der Waals surface area (Å²) in [5, 5.41) is 21.0.